The summed E-state index contributed by atoms with van der Waals surface area (Å²) < 4.78 is 7.83. The minimum absolute atomic E-state index is 0.566. The second kappa shape index (κ2) is 7.57. The average molecular weight is 321 g/mol. The summed E-state index contributed by atoms with van der Waals surface area (Å²) in [5.41, 5.74) is 4.06. The van der Waals surface area contributed by atoms with Gasteiger partial charge < -0.3 is 9.30 Å². The lowest BCUT2D eigenvalue weighted by atomic mass is 9.95. The normalized spacial score (nSPS) is 12.5. The van der Waals surface area contributed by atoms with Gasteiger partial charge in [0.1, 0.15) is 5.75 Å². The van der Waals surface area contributed by atoms with Gasteiger partial charge in [-0.2, -0.15) is 0 Å². The molecule has 0 aliphatic carbocycles. The smallest absolute Gasteiger partial charge is 0.119 e. The van der Waals surface area contributed by atoms with Crippen LogP contribution >= 0.6 is 0 Å². The molecule has 0 saturated carbocycles. The van der Waals surface area contributed by atoms with E-state index in [2.05, 4.69) is 73.1 Å². The van der Waals surface area contributed by atoms with Crippen molar-refractivity contribution in [3.8, 4) is 5.75 Å². The Bertz CT molecular complexity index is 788. The van der Waals surface area contributed by atoms with Crippen molar-refractivity contribution in [2.75, 3.05) is 7.11 Å². The monoisotopic (exact) mass is 321 g/mol. The first kappa shape index (κ1) is 16.6. The van der Waals surface area contributed by atoms with E-state index in [4.69, 9.17) is 4.74 Å². The molecule has 0 unspecified atom stereocenters. The second-order valence-electron chi connectivity index (χ2n) is 6.62. The molecule has 3 aromatic rings. The van der Waals surface area contributed by atoms with Crippen molar-refractivity contribution in [1.82, 2.24) is 4.57 Å². The number of aromatic nitrogens is 1. The van der Waals surface area contributed by atoms with E-state index >= 15 is 0 Å². The second-order valence-corrected chi connectivity index (χ2v) is 6.62. The van der Waals surface area contributed by atoms with Crippen molar-refractivity contribution >= 4 is 10.9 Å². The largest absolute Gasteiger partial charge is 0.497 e. The Morgan fingerprint density at radius 3 is 2.58 bits per heavy atom. The van der Waals surface area contributed by atoms with Gasteiger partial charge in [-0.05, 0) is 41.7 Å². The van der Waals surface area contributed by atoms with Gasteiger partial charge in [0.2, 0.25) is 0 Å². The fourth-order valence-electron chi connectivity index (χ4n) is 3.40. The lowest BCUT2D eigenvalue weighted by Gasteiger charge is -2.10. The van der Waals surface area contributed by atoms with Crippen molar-refractivity contribution in [1.29, 1.82) is 0 Å². The maximum atomic E-state index is 5.46. The maximum absolute atomic E-state index is 5.46. The molecule has 0 amide bonds. The summed E-state index contributed by atoms with van der Waals surface area (Å²) in [6.45, 7) is 5.51. The molecule has 1 atom stereocenters. The Morgan fingerprint density at radius 2 is 1.88 bits per heavy atom. The zero-order chi connectivity index (χ0) is 16.9. The number of hydrogen-bond donors (Lipinski definition) is 0. The molecule has 1 aromatic heterocycles. The molecule has 0 radical (unpaired) electrons. The number of ether oxygens (including phenoxy) is 1. The van der Waals surface area contributed by atoms with Crippen LogP contribution in [-0.2, 0) is 6.54 Å². The first-order valence-electron chi connectivity index (χ1n) is 8.93. The molecule has 0 saturated heterocycles. The van der Waals surface area contributed by atoms with Crippen LogP contribution < -0.4 is 4.74 Å². The number of nitrogens with zero attached hydrogens (tertiary/aromatic N) is 1. The van der Waals surface area contributed by atoms with Gasteiger partial charge in [-0.15, -0.1) is 0 Å². The summed E-state index contributed by atoms with van der Waals surface area (Å²) in [5, 5.41) is 1.33. The molecule has 2 nitrogen and oxygen atoms in total. The predicted molar refractivity (Wildman–Crippen MR) is 102 cm³/mol. The van der Waals surface area contributed by atoms with Crippen LogP contribution in [0.3, 0.4) is 0 Å². The quantitative estimate of drug-likeness (QED) is 0.521. The van der Waals surface area contributed by atoms with E-state index < -0.39 is 0 Å². The van der Waals surface area contributed by atoms with E-state index in [-0.39, 0.29) is 0 Å². The van der Waals surface area contributed by atoms with Crippen LogP contribution in [0.25, 0.3) is 10.9 Å². The highest BCUT2D eigenvalue weighted by Crippen LogP contribution is 2.33. The van der Waals surface area contributed by atoms with Crippen LogP contribution in [0.2, 0.25) is 0 Å². The highest BCUT2D eigenvalue weighted by atomic mass is 16.5. The van der Waals surface area contributed by atoms with Gasteiger partial charge in [0, 0.05) is 23.6 Å². The number of methoxy groups -OCH3 is 1. The number of rotatable bonds is 7. The molecule has 24 heavy (non-hydrogen) atoms. The lowest BCUT2D eigenvalue weighted by molar-refractivity contribution is 0.415. The molecule has 0 aliphatic rings. The molecule has 2 aromatic carbocycles. The lowest BCUT2D eigenvalue weighted by Crippen LogP contribution is -1.98. The Morgan fingerprint density at radius 1 is 1.08 bits per heavy atom. The van der Waals surface area contributed by atoms with Gasteiger partial charge in [0.05, 0.1) is 7.11 Å². The van der Waals surface area contributed by atoms with E-state index in [1.807, 2.05) is 0 Å². The fourth-order valence-corrected chi connectivity index (χ4v) is 3.40. The fraction of sp³-hybridized carbons (Fsp3) is 0.364. The van der Waals surface area contributed by atoms with Crippen molar-refractivity contribution in [2.24, 2.45) is 0 Å². The highest BCUT2D eigenvalue weighted by Gasteiger charge is 2.15. The number of unbranched alkanes of at least 4 members (excludes halogenated alkanes) is 1. The molecule has 2 heteroatoms. The number of hydrogen-bond acceptors (Lipinski definition) is 1. The molecular weight excluding hydrogens is 294 g/mol. The van der Waals surface area contributed by atoms with E-state index in [0.717, 1.165) is 12.3 Å². The molecule has 3 rings (SSSR count). The minimum Gasteiger partial charge on any atom is -0.497 e. The van der Waals surface area contributed by atoms with Crippen LogP contribution in [0.4, 0.5) is 0 Å². The maximum Gasteiger partial charge on any atom is 0.119 e. The number of fused-ring (bicyclic) bond motifs is 1. The molecule has 1 heterocycles. The summed E-state index contributed by atoms with van der Waals surface area (Å²) >= 11 is 0. The first-order valence-corrected chi connectivity index (χ1v) is 8.93. The third-order valence-electron chi connectivity index (χ3n) is 4.84. The standard InChI is InChI=1S/C22H27NO/c1-4-5-9-17(2)21-16-23(15-18-10-7-6-8-11-18)22-13-12-19(24-3)14-20(21)22/h6-8,10-14,16-17H,4-5,9,15H2,1-3H3/t17-/m0/s1. The van der Waals surface area contributed by atoms with Crippen molar-refractivity contribution in [3.63, 3.8) is 0 Å². The van der Waals surface area contributed by atoms with Gasteiger partial charge >= 0.3 is 0 Å². The molecule has 0 N–H and O–H groups in total. The van der Waals surface area contributed by atoms with Gasteiger partial charge in [0.25, 0.3) is 0 Å². The van der Waals surface area contributed by atoms with Crippen molar-refractivity contribution < 1.29 is 4.74 Å². The number of benzene rings is 2. The Balaban J connectivity index is 2.02. The zero-order valence-corrected chi connectivity index (χ0v) is 15.0. The van der Waals surface area contributed by atoms with Crippen LogP contribution in [0.15, 0.2) is 54.7 Å². The first-order chi connectivity index (χ1) is 11.7. The summed E-state index contributed by atoms with van der Waals surface area (Å²) in [7, 11) is 1.74. The van der Waals surface area contributed by atoms with Gasteiger partial charge in [-0.25, -0.2) is 0 Å². The topological polar surface area (TPSA) is 14.2 Å². The van der Waals surface area contributed by atoms with Crippen molar-refractivity contribution in [2.45, 2.75) is 45.6 Å². The summed E-state index contributed by atoms with van der Waals surface area (Å²) in [6.07, 6.45) is 6.10. The predicted octanol–water partition coefficient (Wildman–Crippen LogP) is 5.99. The SMILES string of the molecule is CCCC[C@H](C)c1cn(Cc2ccccc2)c2ccc(OC)cc12. The molecule has 0 aliphatic heterocycles. The summed E-state index contributed by atoms with van der Waals surface area (Å²) in [6, 6.07) is 17.1. The zero-order valence-electron chi connectivity index (χ0n) is 15.0. The average Bonchev–Trinajstić information content (AvgIpc) is 2.98. The summed E-state index contributed by atoms with van der Waals surface area (Å²) in [4.78, 5) is 0. The third kappa shape index (κ3) is 3.48. The van der Waals surface area contributed by atoms with Crippen LogP contribution in [0, 0.1) is 0 Å². The summed E-state index contributed by atoms with van der Waals surface area (Å²) in [5.74, 6) is 1.50. The van der Waals surface area contributed by atoms with E-state index in [9.17, 15) is 0 Å². The van der Waals surface area contributed by atoms with E-state index in [1.54, 1.807) is 7.11 Å². The Hall–Kier alpha value is -2.22. The van der Waals surface area contributed by atoms with Crippen molar-refractivity contribution in [3.05, 3.63) is 65.9 Å². The molecule has 126 valence electrons. The van der Waals surface area contributed by atoms with Gasteiger partial charge in [0.15, 0.2) is 0 Å². The Labute approximate surface area is 145 Å². The van der Waals surface area contributed by atoms with Crippen LogP contribution in [0.5, 0.6) is 5.75 Å². The minimum atomic E-state index is 0.566. The van der Waals surface area contributed by atoms with Gasteiger partial charge in [-0.1, -0.05) is 57.0 Å². The van der Waals surface area contributed by atoms with Crippen LogP contribution in [0.1, 0.15) is 50.2 Å². The molecular formula is C22H27NO. The Kier molecular flexibility index (Phi) is 5.24. The molecule has 0 bridgehead atoms. The van der Waals surface area contributed by atoms with Crippen LogP contribution in [-0.4, -0.2) is 11.7 Å². The third-order valence-corrected chi connectivity index (χ3v) is 4.84. The van der Waals surface area contributed by atoms with Gasteiger partial charge in [-0.3, -0.25) is 0 Å². The van der Waals surface area contributed by atoms with E-state index in [1.165, 1.54) is 41.3 Å². The molecule has 0 spiro atoms. The van der Waals surface area contributed by atoms with E-state index in [0.29, 0.717) is 5.92 Å². The highest BCUT2D eigenvalue weighted by molar-refractivity contribution is 5.86. The molecule has 0 fully saturated rings.